The molecule has 0 bridgehead atoms. The van der Waals surface area contributed by atoms with Crippen LogP contribution < -0.4 is 5.32 Å². The van der Waals surface area contributed by atoms with Gasteiger partial charge >= 0.3 is 6.09 Å². The second-order valence-electron chi connectivity index (χ2n) is 7.57. The van der Waals surface area contributed by atoms with E-state index in [1.165, 1.54) is 18.2 Å². The van der Waals surface area contributed by atoms with Crippen molar-refractivity contribution >= 4 is 6.09 Å². The maximum atomic E-state index is 13.7. The molecule has 3 aromatic carbocycles. The quantitative estimate of drug-likeness (QED) is 0.536. The second-order valence-corrected chi connectivity index (χ2v) is 7.57. The highest BCUT2D eigenvalue weighted by Gasteiger charge is 2.29. The number of nitrogens with one attached hydrogen (secondary N) is 1. The molecular formula is C25H24FNO4. The molecule has 5 nitrogen and oxygen atoms in total. The van der Waals surface area contributed by atoms with Crippen LogP contribution in [0.15, 0.2) is 72.8 Å². The Morgan fingerprint density at radius 1 is 0.935 bits per heavy atom. The van der Waals surface area contributed by atoms with Gasteiger partial charge in [-0.05, 0) is 34.7 Å². The molecule has 0 radical (unpaired) electrons. The van der Waals surface area contributed by atoms with Crippen molar-refractivity contribution in [3.8, 4) is 11.1 Å². The Hall–Kier alpha value is -3.22. The maximum Gasteiger partial charge on any atom is 0.407 e. The van der Waals surface area contributed by atoms with Crippen LogP contribution in [0.25, 0.3) is 11.1 Å². The lowest BCUT2D eigenvalue weighted by atomic mass is 9.98. The fourth-order valence-corrected chi connectivity index (χ4v) is 4.05. The average molecular weight is 421 g/mol. The zero-order chi connectivity index (χ0) is 21.8. The third-order valence-electron chi connectivity index (χ3n) is 5.64. The van der Waals surface area contributed by atoms with Crippen LogP contribution in [0.3, 0.4) is 0 Å². The lowest BCUT2D eigenvalue weighted by molar-refractivity contribution is 0.0116. The van der Waals surface area contributed by atoms with Gasteiger partial charge in [0.15, 0.2) is 0 Å². The van der Waals surface area contributed by atoms with E-state index < -0.39 is 24.1 Å². The fraction of sp³-hybridized carbons (Fsp3) is 0.240. The molecule has 0 fully saturated rings. The molecule has 6 heteroatoms. The molecule has 0 spiro atoms. The van der Waals surface area contributed by atoms with Crippen LogP contribution >= 0.6 is 0 Å². The molecule has 4 rings (SSSR count). The molecule has 0 heterocycles. The number of carbonyl (C=O) groups is 1. The van der Waals surface area contributed by atoms with E-state index in [1.807, 2.05) is 36.4 Å². The molecule has 0 aromatic heterocycles. The third-order valence-corrected chi connectivity index (χ3v) is 5.64. The van der Waals surface area contributed by atoms with E-state index in [9.17, 15) is 19.4 Å². The van der Waals surface area contributed by atoms with Gasteiger partial charge in [0.25, 0.3) is 0 Å². The molecule has 160 valence electrons. The molecule has 1 amide bonds. The molecule has 2 atom stereocenters. The first-order valence-electron chi connectivity index (χ1n) is 10.3. The number of aliphatic hydroxyl groups is 2. The molecule has 0 saturated carbocycles. The van der Waals surface area contributed by atoms with Gasteiger partial charge in [0, 0.05) is 18.0 Å². The highest BCUT2D eigenvalue weighted by atomic mass is 19.1. The number of halogens is 1. The summed E-state index contributed by atoms with van der Waals surface area (Å²) in [4.78, 5) is 12.2. The normalized spacial score (nSPS) is 14.4. The summed E-state index contributed by atoms with van der Waals surface area (Å²) < 4.78 is 19.2. The second kappa shape index (κ2) is 9.29. The standard InChI is InChI=1S/C25H24FNO4/c26-22-12-6-5-11-20(22)24(29)23(28)13-14-27-25(30)31-15-21-18-9-3-1-7-16(18)17-8-2-4-10-19(17)21/h1-12,21,23-24,28-29H,13-15H2,(H,27,30). The number of ether oxygens (including phenoxy) is 1. The van der Waals surface area contributed by atoms with Gasteiger partial charge in [0.2, 0.25) is 0 Å². The Labute approximate surface area is 180 Å². The number of amides is 1. The van der Waals surface area contributed by atoms with Crippen LogP contribution in [0.2, 0.25) is 0 Å². The van der Waals surface area contributed by atoms with Crippen molar-refractivity contribution < 1.29 is 24.1 Å². The summed E-state index contributed by atoms with van der Waals surface area (Å²) in [7, 11) is 0. The van der Waals surface area contributed by atoms with E-state index in [4.69, 9.17) is 4.74 Å². The van der Waals surface area contributed by atoms with Gasteiger partial charge in [-0.15, -0.1) is 0 Å². The van der Waals surface area contributed by atoms with Crippen molar-refractivity contribution in [3.63, 3.8) is 0 Å². The van der Waals surface area contributed by atoms with Crippen LogP contribution in [0.1, 0.15) is 35.1 Å². The SMILES string of the molecule is O=C(NCCC(O)C(O)c1ccccc1F)OCC1c2ccccc2-c2ccccc21. The number of carbonyl (C=O) groups excluding carboxylic acids is 1. The van der Waals surface area contributed by atoms with Gasteiger partial charge in [-0.25, -0.2) is 9.18 Å². The van der Waals surface area contributed by atoms with Crippen molar-refractivity contribution in [1.82, 2.24) is 5.32 Å². The summed E-state index contributed by atoms with van der Waals surface area (Å²) in [5.74, 6) is -0.620. The summed E-state index contributed by atoms with van der Waals surface area (Å²) in [5.41, 5.74) is 4.57. The fourth-order valence-electron chi connectivity index (χ4n) is 4.05. The average Bonchev–Trinajstić information content (AvgIpc) is 3.11. The molecule has 1 aliphatic carbocycles. The molecule has 3 N–H and O–H groups in total. The smallest absolute Gasteiger partial charge is 0.407 e. The molecule has 1 aliphatic rings. The zero-order valence-electron chi connectivity index (χ0n) is 16.9. The highest BCUT2D eigenvalue weighted by Crippen LogP contribution is 2.44. The van der Waals surface area contributed by atoms with Crippen LogP contribution in [0.4, 0.5) is 9.18 Å². The number of aliphatic hydroxyl groups excluding tert-OH is 2. The monoisotopic (exact) mass is 421 g/mol. The van der Waals surface area contributed by atoms with Crippen molar-refractivity contribution in [2.24, 2.45) is 0 Å². The molecule has 31 heavy (non-hydrogen) atoms. The van der Waals surface area contributed by atoms with E-state index in [2.05, 4.69) is 17.4 Å². The van der Waals surface area contributed by atoms with Gasteiger partial charge < -0.3 is 20.3 Å². The number of fused-ring (bicyclic) bond motifs is 3. The topological polar surface area (TPSA) is 78.8 Å². The number of hydrogen-bond donors (Lipinski definition) is 3. The van der Waals surface area contributed by atoms with Crippen LogP contribution in [0, 0.1) is 5.82 Å². The zero-order valence-corrected chi connectivity index (χ0v) is 16.9. The number of hydrogen-bond acceptors (Lipinski definition) is 4. The Bertz CT molecular complexity index is 1030. The van der Waals surface area contributed by atoms with Crippen molar-refractivity contribution in [1.29, 1.82) is 0 Å². The largest absolute Gasteiger partial charge is 0.449 e. The minimum absolute atomic E-state index is 0.0242. The maximum absolute atomic E-state index is 13.7. The molecule has 0 aliphatic heterocycles. The minimum Gasteiger partial charge on any atom is -0.449 e. The lowest BCUT2D eigenvalue weighted by Crippen LogP contribution is -2.30. The first kappa shape index (κ1) is 21.0. The van der Waals surface area contributed by atoms with Gasteiger partial charge in [-0.3, -0.25) is 0 Å². The number of benzene rings is 3. The van der Waals surface area contributed by atoms with Crippen molar-refractivity contribution in [2.75, 3.05) is 13.2 Å². The lowest BCUT2D eigenvalue weighted by Gasteiger charge is -2.19. The predicted molar refractivity (Wildman–Crippen MR) is 115 cm³/mol. The first-order valence-corrected chi connectivity index (χ1v) is 10.3. The van der Waals surface area contributed by atoms with Crippen LogP contribution in [-0.2, 0) is 4.74 Å². The van der Waals surface area contributed by atoms with E-state index in [0.717, 1.165) is 22.3 Å². The summed E-state index contributed by atoms with van der Waals surface area (Å²) in [6.07, 6.45) is -3.13. The highest BCUT2D eigenvalue weighted by molar-refractivity contribution is 5.79. The minimum atomic E-state index is -1.37. The van der Waals surface area contributed by atoms with E-state index in [0.29, 0.717) is 0 Å². The summed E-state index contributed by atoms with van der Waals surface area (Å²) in [5, 5.41) is 22.8. The van der Waals surface area contributed by atoms with Gasteiger partial charge in [-0.1, -0.05) is 66.7 Å². The van der Waals surface area contributed by atoms with E-state index >= 15 is 0 Å². The van der Waals surface area contributed by atoms with Crippen LogP contribution in [0.5, 0.6) is 0 Å². The molecular weight excluding hydrogens is 397 g/mol. The predicted octanol–water partition coefficient (Wildman–Crippen LogP) is 4.15. The van der Waals surface area contributed by atoms with Crippen molar-refractivity contribution in [2.45, 2.75) is 24.5 Å². The van der Waals surface area contributed by atoms with E-state index in [1.54, 1.807) is 6.07 Å². The first-order chi connectivity index (χ1) is 15.1. The Morgan fingerprint density at radius 2 is 1.52 bits per heavy atom. The summed E-state index contributed by atoms with van der Waals surface area (Å²) >= 11 is 0. The Kier molecular flexibility index (Phi) is 6.30. The number of alkyl carbamates (subject to hydrolysis) is 1. The van der Waals surface area contributed by atoms with Gasteiger partial charge in [0.1, 0.15) is 18.5 Å². The summed E-state index contributed by atoms with van der Waals surface area (Å²) in [6.45, 7) is 0.281. The Morgan fingerprint density at radius 3 is 2.16 bits per heavy atom. The molecule has 3 aromatic rings. The van der Waals surface area contributed by atoms with Gasteiger partial charge in [0.05, 0.1) is 6.10 Å². The van der Waals surface area contributed by atoms with E-state index in [-0.39, 0.29) is 31.1 Å². The molecule has 2 unspecified atom stereocenters. The van der Waals surface area contributed by atoms with Crippen molar-refractivity contribution in [3.05, 3.63) is 95.3 Å². The van der Waals surface area contributed by atoms with Gasteiger partial charge in [-0.2, -0.15) is 0 Å². The Balaban J connectivity index is 1.29. The molecule has 0 saturated heterocycles. The number of rotatable bonds is 7. The summed E-state index contributed by atoms with van der Waals surface area (Å²) in [6, 6.07) is 21.9. The third kappa shape index (κ3) is 4.45. The van der Waals surface area contributed by atoms with Crippen LogP contribution in [-0.4, -0.2) is 35.6 Å².